The van der Waals surface area contributed by atoms with Crippen molar-refractivity contribution in [3.63, 3.8) is 0 Å². The van der Waals surface area contributed by atoms with E-state index in [9.17, 15) is 9.59 Å². The first-order chi connectivity index (χ1) is 9.67. The van der Waals surface area contributed by atoms with Gasteiger partial charge in [0.1, 0.15) is 0 Å². The maximum atomic E-state index is 11.9. The first kappa shape index (κ1) is 12.7. The molecule has 2 heterocycles. The fraction of sp³-hybridized carbons (Fsp3) is 0.357. The highest BCUT2D eigenvalue weighted by atomic mass is 16.5. The molecule has 6 nitrogen and oxygen atoms in total. The lowest BCUT2D eigenvalue weighted by molar-refractivity contribution is -0.145. The van der Waals surface area contributed by atoms with Gasteiger partial charge < -0.3 is 14.6 Å². The highest BCUT2D eigenvalue weighted by molar-refractivity contribution is 5.86. The lowest BCUT2D eigenvalue weighted by Gasteiger charge is -2.16. The van der Waals surface area contributed by atoms with Gasteiger partial charge in [0.25, 0.3) is 0 Å². The number of methoxy groups -OCH3 is 1. The van der Waals surface area contributed by atoms with E-state index >= 15 is 0 Å². The molecule has 20 heavy (non-hydrogen) atoms. The van der Waals surface area contributed by atoms with Crippen LogP contribution in [-0.4, -0.2) is 40.4 Å². The molecule has 0 spiro atoms. The number of amides is 1. The van der Waals surface area contributed by atoms with Crippen LogP contribution in [0.1, 0.15) is 12.0 Å². The molecule has 104 valence electrons. The third-order valence-electron chi connectivity index (χ3n) is 3.61. The third kappa shape index (κ3) is 2.24. The lowest BCUT2D eigenvalue weighted by atomic mass is 10.1. The molecule has 1 aliphatic rings. The minimum absolute atomic E-state index is 0.00916. The van der Waals surface area contributed by atoms with Crippen molar-refractivity contribution in [3.8, 4) is 0 Å². The molecule has 1 fully saturated rings. The number of nitrogens with zero attached hydrogens (tertiary/aromatic N) is 2. The summed E-state index contributed by atoms with van der Waals surface area (Å²) in [5.41, 5.74) is 2.85. The molecule has 1 aromatic carbocycles. The van der Waals surface area contributed by atoms with Gasteiger partial charge in [0.15, 0.2) is 0 Å². The topological polar surface area (TPSA) is 75.3 Å². The third-order valence-corrected chi connectivity index (χ3v) is 3.61. The van der Waals surface area contributed by atoms with E-state index in [0.29, 0.717) is 13.1 Å². The average molecular weight is 273 g/mol. The Bertz CT molecular complexity index is 664. The van der Waals surface area contributed by atoms with Gasteiger partial charge in [0.2, 0.25) is 5.91 Å². The molecule has 2 aromatic rings. The minimum Gasteiger partial charge on any atom is -0.469 e. The Hall–Kier alpha value is -2.37. The second kappa shape index (κ2) is 4.96. The number of likely N-dealkylation sites (tertiary alicyclic amines) is 1. The zero-order valence-electron chi connectivity index (χ0n) is 11.1. The largest absolute Gasteiger partial charge is 0.469 e. The number of aromatic amines is 1. The van der Waals surface area contributed by atoms with Gasteiger partial charge in [0, 0.05) is 19.5 Å². The Morgan fingerprint density at radius 3 is 3.20 bits per heavy atom. The van der Waals surface area contributed by atoms with Crippen molar-refractivity contribution in [2.75, 3.05) is 13.7 Å². The quantitative estimate of drug-likeness (QED) is 0.849. The number of hydrogen-bond acceptors (Lipinski definition) is 4. The number of H-pyrrole nitrogens is 1. The standard InChI is InChI=1S/C14H15N3O3/c1-20-14(19)10-5-13(18)17(7-10)6-9-2-3-11-12(4-9)16-8-15-11/h2-4,8,10H,5-7H2,1H3,(H,15,16). The van der Waals surface area contributed by atoms with Gasteiger partial charge in [-0.3, -0.25) is 9.59 Å². The van der Waals surface area contributed by atoms with Crippen molar-refractivity contribution in [1.29, 1.82) is 0 Å². The number of ether oxygens (including phenoxy) is 1. The van der Waals surface area contributed by atoms with Crippen LogP contribution in [0.25, 0.3) is 11.0 Å². The molecule has 3 rings (SSSR count). The zero-order valence-corrected chi connectivity index (χ0v) is 11.1. The summed E-state index contributed by atoms with van der Waals surface area (Å²) in [5, 5.41) is 0. The monoisotopic (exact) mass is 273 g/mol. The Morgan fingerprint density at radius 1 is 1.55 bits per heavy atom. The summed E-state index contributed by atoms with van der Waals surface area (Å²) in [4.78, 5) is 32.3. The number of aromatic nitrogens is 2. The number of carbonyl (C=O) groups is 2. The normalized spacial score (nSPS) is 18.8. The molecule has 0 radical (unpaired) electrons. The lowest BCUT2D eigenvalue weighted by Crippen LogP contribution is -2.26. The number of esters is 1. The molecule has 1 unspecified atom stereocenters. The van der Waals surface area contributed by atoms with Crippen molar-refractivity contribution in [3.05, 3.63) is 30.1 Å². The van der Waals surface area contributed by atoms with Gasteiger partial charge in [-0.1, -0.05) is 6.07 Å². The van der Waals surface area contributed by atoms with E-state index in [1.165, 1.54) is 7.11 Å². The summed E-state index contributed by atoms with van der Waals surface area (Å²) in [7, 11) is 1.35. The molecular weight excluding hydrogens is 258 g/mol. The highest BCUT2D eigenvalue weighted by Gasteiger charge is 2.34. The molecule has 1 saturated heterocycles. The summed E-state index contributed by atoms with van der Waals surface area (Å²) in [5.74, 6) is -0.668. The van der Waals surface area contributed by atoms with Crippen LogP contribution in [0.5, 0.6) is 0 Å². The molecule has 1 amide bonds. The van der Waals surface area contributed by atoms with Gasteiger partial charge in [-0.15, -0.1) is 0 Å². The smallest absolute Gasteiger partial charge is 0.310 e. The summed E-state index contributed by atoms with van der Waals surface area (Å²) in [6.45, 7) is 0.924. The fourth-order valence-electron chi connectivity index (χ4n) is 2.55. The predicted molar refractivity (Wildman–Crippen MR) is 71.6 cm³/mol. The number of rotatable bonds is 3. The van der Waals surface area contributed by atoms with Crippen LogP contribution in [0, 0.1) is 5.92 Å². The van der Waals surface area contributed by atoms with E-state index in [0.717, 1.165) is 16.6 Å². The van der Waals surface area contributed by atoms with Crippen LogP contribution >= 0.6 is 0 Å². The van der Waals surface area contributed by atoms with Crippen LogP contribution in [-0.2, 0) is 20.9 Å². The Kier molecular flexibility index (Phi) is 3.14. The zero-order chi connectivity index (χ0) is 14.1. The molecule has 0 bridgehead atoms. The first-order valence-electron chi connectivity index (χ1n) is 6.45. The maximum absolute atomic E-state index is 11.9. The van der Waals surface area contributed by atoms with Crippen LogP contribution in [0.2, 0.25) is 0 Å². The Balaban J connectivity index is 1.74. The van der Waals surface area contributed by atoms with Crippen LogP contribution in [0.3, 0.4) is 0 Å². The van der Waals surface area contributed by atoms with E-state index in [-0.39, 0.29) is 24.2 Å². The Morgan fingerprint density at radius 2 is 2.40 bits per heavy atom. The molecule has 1 atom stereocenters. The number of benzene rings is 1. The molecule has 1 aliphatic heterocycles. The number of nitrogens with one attached hydrogen (secondary N) is 1. The van der Waals surface area contributed by atoms with E-state index in [2.05, 4.69) is 9.97 Å². The highest BCUT2D eigenvalue weighted by Crippen LogP contribution is 2.22. The van der Waals surface area contributed by atoms with E-state index < -0.39 is 0 Å². The first-order valence-corrected chi connectivity index (χ1v) is 6.45. The molecular formula is C14H15N3O3. The summed E-state index contributed by atoms with van der Waals surface area (Å²) in [6, 6.07) is 5.84. The number of fused-ring (bicyclic) bond motifs is 1. The second-order valence-corrected chi connectivity index (χ2v) is 4.95. The number of imidazole rings is 1. The van der Waals surface area contributed by atoms with E-state index in [1.54, 1.807) is 11.2 Å². The molecule has 0 saturated carbocycles. The average Bonchev–Trinajstić information content (AvgIpc) is 3.05. The Labute approximate surface area is 115 Å². The van der Waals surface area contributed by atoms with Gasteiger partial charge in [0.05, 0.1) is 30.4 Å². The number of carbonyl (C=O) groups excluding carboxylic acids is 2. The van der Waals surface area contributed by atoms with Crippen LogP contribution in [0.4, 0.5) is 0 Å². The molecule has 0 aliphatic carbocycles. The summed E-state index contributed by atoms with van der Waals surface area (Å²) < 4.78 is 4.70. The molecule has 1 N–H and O–H groups in total. The van der Waals surface area contributed by atoms with Crippen molar-refractivity contribution in [1.82, 2.24) is 14.9 Å². The van der Waals surface area contributed by atoms with Crippen LogP contribution < -0.4 is 0 Å². The van der Waals surface area contributed by atoms with E-state index in [1.807, 2.05) is 18.2 Å². The van der Waals surface area contributed by atoms with Crippen LogP contribution in [0.15, 0.2) is 24.5 Å². The van der Waals surface area contributed by atoms with Gasteiger partial charge in [-0.25, -0.2) is 4.98 Å². The van der Waals surface area contributed by atoms with Gasteiger partial charge in [-0.05, 0) is 17.7 Å². The number of hydrogen-bond donors (Lipinski definition) is 1. The summed E-state index contributed by atoms with van der Waals surface area (Å²) in [6.07, 6.45) is 1.88. The second-order valence-electron chi connectivity index (χ2n) is 4.95. The summed E-state index contributed by atoms with van der Waals surface area (Å²) >= 11 is 0. The maximum Gasteiger partial charge on any atom is 0.310 e. The van der Waals surface area contributed by atoms with Gasteiger partial charge in [-0.2, -0.15) is 0 Å². The van der Waals surface area contributed by atoms with Crippen molar-refractivity contribution in [2.24, 2.45) is 5.92 Å². The van der Waals surface area contributed by atoms with Gasteiger partial charge >= 0.3 is 5.97 Å². The van der Waals surface area contributed by atoms with Crippen molar-refractivity contribution in [2.45, 2.75) is 13.0 Å². The predicted octanol–water partition coefficient (Wildman–Crippen LogP) is 1.08. The van der Waals surface area contributed by atoms with Crippen molar-refractivity contribution >= 4 is 22.9 Å². The molecule has 1 aromatic heterocycles. The van der Waals surface area contributed by atoms with Crippen molar-refractivity contribution < 1.29 is 14.3 Å². The fourth-order valence-corrected chi connectivity index (χ4v) is 2.55. The minimum atomic E-state index is -0.344. The van der Waals surface area contributed by atoms with E-state index in [4.69, 9.17) is 4.74 Å². The molecule has 6 heteroatoms. The SMILES string of the molecule is COC(=O)C1CC(=O)N(Cc2ccc3nc[nH]c3c2)C1.